The van der Waals surface area contributed by atoms with E-state index in [0.29, 0.717) is 33.2 Å². The van der Waals surface area contributed by atoms with Crippen LogP contribution in [0.25, 0.3) is 34.6 Å². The van der Waals surface area contributed by atoms with E-state index in [2.05, 4.69) is 32.7 Å². The van der Waals surface area contributed by atoms with Gasteiger partial charge in [-0.15, -0.1) is 10.2 Å². The minimum atomic E-state index is -0.282. The molecule has 2 aromatic carbocycles. The number of hydrogen-bond donors (Lipinski definition) is 0. The molecule has 0 saturated carbocycles. The second kappa shape index (κ2) is 8.26. The van der Waals surface area contributed by atoms with E-state index >= 15 is 0 Å². The summed E-state index contributed by atoms with van der Waals surface area (Å²) < 4.78 is 8.71. The van der Waals surface area contributed by atoms with E-state index in [1.165, 1.54) is 0 Å². The first-order valence-corrected chi connectivity index (χ1v) is 11.0. The fraction of sp³-hybridized carbons (Fsp3) is 0.174. The number of aromatic nitrogens is 4. The molecule has 158 valence electrons. The summed E-state index contributed by atoms with van der Waals surface area (Å²) in [5.74, 6) is 0.851. The lowest BCUT2D eigenvalue weighted by molar-refractivity contribution is 0.398. The summed E-state index contributed by atoms with van der Waals surface area (Å²) in [6.45, 7) is 10.0. The van der Waals surface area contributed by atoms with Crippen LogP contribution >= 0.6 is 39.1 Å². The van der Waals surface area contributed by atoms with Crippen LogP contribution in [0.15, 0.2) is 57.9 Å². The molecule has 0 aliphatic carbocycles. The molecular weight excluding hydrogens is 499 g/mol. The minimum Gasteiger partial charge on any atom is -0.419 e. The third-order valence-electron chi connectivity index (χ3n) is 4.65. The highest BCUT2D eigenvalue weighted by molar-refractivity contribution is 9.10. The predicted octanol–water partition coefficient (Wildman–Crippen LogP) is 7.60. The van der Waals surface area contributed by atoms with E-state index in [0.717, 1.165) is 21.3 Å². The molecule has 0 aliphatic heterocycles. The minimum absolute atomic E-state index is 0.282. The van der Waals surface area contributed by atoms with Gasteiger partial charge in [0, 0.05) is 26.0 Å². The Hall–Kier alpha value is -2.41. The van der Waals surface area contributed by atoms with E-state index in [1.54, 1.807) is 22.9 Å². The van der Waals surface area contributed by atoms with Gasteiger partial charge < -0.3 is 4.42 Å². The highest BCUT2D eigenvalue weighted by atomic mass is 79.9. The van der Waals surface area contributed by atoms with Crippen molar-refractivity contribution in [3.05, 3.63) is 75.0 Å². The molecule has 4 rings (SSSR count). The number of nitrogens with zero attached hydrogens (tertiary/aromatic N) is 4. The first-order chi connectivity index (χ1) is 14.7. The van der Waals surface area contributed by atoms with Crippen molar-refractivity contribution >= 4 is 45.2 Å². The van der Waals surface area contributed by atoms with Crippen LogP contribution in [0, 0.1) is 0 Å². The van der Waals surface area contributed by atoms with Gasteiger partial charge in [0.05, 0.1) is 16.4 Å². The largest absolute Gasteiger partial charge is 0.419 e. The maximum Gasteiger partial charge on any atom is 0.268 e. The van der Waals surface area contributed by atoms with Gasteiger partial charge >= 0.3 is 0 Å². The molecule has 0 fully saturated rings. The van der Waals surface area contributed by atoms with Crippen molar-refractivity contribution in [1.29, 1.82) is 0 Å². The lowest BCUT2D eigenvalue weighted by atomic mass is 9.97. The van der Waals surface area contributed by atoms with E-state index in [4.69, 9.17) is 32.7 Å². The summed E-state index contributed by atoms with van der Waals surface area (Å²) in [5.41, 5.74) is 3.42. The lowest BCUT2D eigenvalue weighted by Gasteiger charge is -2.11. The average Bonchev–Trinajstić information content (AvgIpc) is 3.33. The van der Waals surface area contributed by atoms with Gasteiger partial charge in [-0.3, -0.25) is 0 Å². The maximum absolute atomic E-state index is 6.53. The third-order valence-corrected chi connectivity index (χ3v) is 5.72. The van der Waals surface area contributed by atoms with Crippen molar-refractivity contribution < 1.29 is 4.42 Å². The molecule has 0 atom stereocenters. The van der Waals surface area contributed by atoms with Crippen molar-refractivity contribution in [2.24, 2.45) is 0 Å². The van der Waals surface area contributed by atoms with Crippen molar-refractivity contribution in [1.82, 2.24) is 20.0 Å². The zero-order chi connectivity index (χ0) is 22.3. The Morgan fingerprint density at radius 3 is 2.35 bits per heavy atom. The lowest BCUT2D eigenvalue weighted by Crippen LogP contribution is -2.11. The summed E-state index contributed by atoms with van der Waals surface area (Å²) in [6, 6.07) is 13.2. The molecule has 0 N–H and O–H groups in total. The summed E-state index contributed by atoms with van der Waals surface area (Å²) >= 11 is 16.1. The van der Waals surface area contributed by atoms with Gasteiger partial charge in [0.25, 0.3) is 5.89 Å². The molecule has 0 amide bonds. The Morgan fingerprint density at radius 1 is 1.06 bits per heavy atom. The average molecular weight is 518 g/mol. The number of hydrogen-bond acceptors (Lipinski definition) is 4. The summed E-state index contributed by atoms with van der Waals surface area (Å²) in [4.78, 5) is 0. The van der Waals surface area contributed by atoms with Crippen molar-refractivity contribution in [2.45, 2.75) is 26.2 Å². The Morgan fingerprint density at radius 2 is 1.77 bits per heavy atom. The first kappa shape index (κ1) is 21.8. The molecule has 2 aromatic heterocycles. The molecular formula is C23H19BrCl2N4O. The normalized spacial score (nSPS) is 11.7. The van der Waals surface area contributed by atoms with Gasteiger partial charge in [-0.1, -0.05) is 84.7 Å². The molecule has 8 heteroatoms. The summed E-state index contributed by atoms with van der Waals surface area (Å²) in [6.07, 6.45) is 1.74. The van der Waals surface area contributed by atoms with E-state index in [9.17, 15) is 0 Å². The zero-order valence-corrected chi connectivity index (χ0v) is 20.3. The van der Waals surface area contributed by atoms with E-state index < -0.39 is 0 Å². The third kappa shape index (κ3) is 4.20. The van der Waals surface area contributed by atoms with Crippen LogP contribution in [0.2, 0.25) is 10.0 Å². The van der Waals surface area contributed by atoms with Crippen LogP contribution < -0.4 is 0 Å². The predicted molar refractivity (Wildman–Crippen MR) is 129 cm³/mol. The Labute approximate surface area is 198 Å². The van der Waals surface area contributed by atoms with Gasteiger partial charge in [0.2, 0.25) is 5.89 Å². The highest BCUT2D eigenvalue weighted by Crippen LogP contribution is 2.37. The summed E-state index contributed by atoms with van der Waals surface area (Å²) in [5, 5.41) is 14.3. The van der Waals surface area contributed by atoms with Crippen LogP contribution in [-0.2, 0) is 5.41 Å². The molecule has 4 aromatic rings. The first-order valence-electron chi connectivity index (χ1n) is 9.50. The second-order valence-electron chi connectivity index (χ2n) is 7.99. The SMILES string of the molecule is C=Cc1c(-c2nnc(C(C)(C)C)o2)nn(-c2ccc(Cl)cc2Cl)c1-c1ccc(Br)cc1. The molecule has 0 unspecified atom stereocenters. The highest BCUT2D eigenvalue weighted by Gasteiger charge is 2.27. The Bertz CT molecular complexity index is 1270. The second-order valence-corrected chi connectivity index (χ2v) is 9.75. The van der Waals surface area contributed by atoms with Crippen LogP contribution in [0.3, 0.4) is 0 Å². The fourth-order valence-corrected chi connectivity index (χ4v) is 3.87. The number of rotatable bonds is 4. The number of halogens is 3. The van der Waals surface area contributed by atoms with Crippen LogP contribution in [0.5, 0.6) is 0 Å². The topological polar surface area (TPSA) is 56.7 Å². The maximum atomic E-state index is 6.53. The molecule has 31 heavy (non-hydrogen) atoms. The Balaban J connectivity index is 2.00. The quantitative estimate of drug-likeness (QED) is 0.279. The molecule has 0 saturated heterocycles. The summed E-state index contributed by atoms with van der Waals surface area (Å²) in [7, 11) is 0. The Kier molecular flexibility index (Phi) is 5.81. The van der Waals surface area contributed by atoms with Crippen molar-refractivity contribution in [2.75, 3.05) is 0 Å². The van der Waals surface area contributed by atoms with Gasteiger partial charge in [0.15, 0.2) is 5.69 Å². The molecule has 0 aliphatic rings. The van der Waals surface area contributed by atoms with Crippen LogP contribution in [0.1, 0.15) is 32.2 Å². The van der Waals surface area contributed by atoms with E-state index in [-0.39, 0.29) is 5.41 Å². The van der Waals surface area contributed by atoms with Gasteiger partial charge in [-0.25, -0.2) is 4.68 Å². The van der Waals surface area contributed by atoms with Crippen molar-refractivity contribution in [3.8, 4) is 28.5 Å². The van der Waals surface area contributed by atoms with Crippen LogP contribution in [-0.4, -0.2) is 20.0 Å². The number of benzene rings is 2. The van der Waals surface area contributed by atoms with Gasteiger partial charge in [0.1, 0.15) is 0 Å². The van der Waals surface area contributed by atoms with Crippen molar-refractivity contribution in [3.63, 3.8) is 0 Å². The molecule has 2 heterocycles. The molecule has 0 bridgehead atoms. The standard InChI is InChI=1S/C23H19BrCl2N4O/c1-5-16-19(21-27-28-22(31-21)23(2,3)4)29-30(18-11-10-15(25)12-17(18)26)20(16)13-6-8-14(24)9-7-13/h5-12H,1H2,2-4H3. The van der Waals surface area contributed by atoms with Gasteiger partial charge in [-0.2, -0.15) is 5.10 Å². The van der Waals surface area contributed by atoms with Crippen LogP contribution in [0.4, 0.5) is 0 Å². The van der Waals surface area contributed by atoms with E-state index in [1.807, 2.05) is 51.1 Å². The zero-order valence-electron chi connectivity index (χ0n) is 17.2. The fourth-order valence-electron chi connectivity index (χ4n) is 3.12. The van der Waals surface area contributed by atoms with Gasteiger partial charge in [-0.05, 0) is 30.3 Å². The monoisotopic (exact) mass is 516 g/mol. The molecule has 5 nitrogen and oxygen atoms in total. The smallest absolute Gasteiger partial charge is 0.268 e. The molecule has 0 spiro atoms. The molecule has 0 radical (unpaired) electrons.